The molecular formula is C11H9F3O. The zero-order valence-corrected chi connectivity index (χ0v) is 7.84. The van der Waals surface area contributed by atoms with Crippen LogP contribution in [0.15, 0.2) is 24.3 Å². The molecule has 0 aliphatic heterocycles. The largest absolute Gasteiger partial charge is 0.573 e. The minimum atomic E-state index is -4.61. The summed E-state index contributed by atoms with van der Waals surface area (Å²) in [5.74, 6) is -0.142. The van der Waals surface area contributed by atoms with Crippen molar-refractivity contribution in [3.8, 4) is 5.75 Å². The predicted molar refractivity (Wildman–Crippen MR) is 50.5 cm³/mol. The van der Waals surface area contributed by atoms with Crippen LogP contribution in [0.4, 0.5) is 13.2 Å². The van der Waals surface area contributed by atoms with E-state index in [0.717, 1.165) is 24.0 Å². The van der Waals surface area contributed by atoms with Crippen LogP contribution in [0.3, 0.4) is 0 Å². The summed E-state index contributed by atoms with van der Waals surface area (Å²) in [6.45, 7) is 0. The molecule has 0 heterocycles. The Labute approximate surface area is 85.2 Å². The average Bonchev–Trinajstić information content (AvgIpc) is 2.15. The number of hydrogen-bond donors (Lipinski definition) is 0. The summed E-state index contributed by atoms with van der Waals surface area (Å²) < 4.78 is 39.7. The second kappa shape index (κ2) is 3.61. The third-order valence-electron chi connectivity index (χ3n) is 2.23. The molecule has 0 fully saturated rings. The van der Waals surface area contributed by atoms with Crippen molar-refractivity contribution in [1.29, 1.82) is 0 Å². The van der Waals surface area contributed by atoms with E-state index in [1.54, 1.807) is 6.07 Å². The highest BCUT2D eigenvalue weighted by Crippen LogP contribution is 2.27. The molecular weight excluding hydrogens is 205 g/mol. The number of halogens is 3. The van der Waals surface area contributed by atoms with Crippen molar-refractivity contribution in [3.63, 3.8) is 0 Å². The number of aryl methyl sites for hydroxylation is 1. The Bertz CT molecular complexity index is 393. The van der Waals surface area contributed by atoms with Crippen LogP contribution in [0.2, 0.25) is 0 Å². The topological polar surface area (TPSA) is 9.23 Å². The van der Waals surface area contributed by atoms with Gasteiger partial charge in [0.05, 0.1) is 0 Å². The molecule has 0 unspecified atom stereocenters. The van der Waals surface area contributed by atoms with Crippen molar-refractivity contribution in [2.45, 2.75) is 19.2 Å². The van der Waals surface area contributed by atoms with Crippen LogP contribution in [0.25, 0.3) is 6.08 Å². The smallest absolute Gasteiger partial charge is 0.406 e. The minimum absolute atomic E-state index is 0.142. The van der Waals surface area contributed by atoms with Gasteiger partial charge < -0.3 is 4.74 Å². The summed E-state index contributed by atoms with van der Waals surface area (Å²) in [6.07, 6.45) is 0.935. The lowest BCUT2D eigenvalue weighted by Gasteiger charge is -2.13. The van der Waals surface area contributed by atoms with Gasteiger partial charge in [-0.2, -0.15) is 0 Å². The van der Waals surface area contributed by atoms with Gasteiger partial charge in [0.2, 0.25) is 0 Å². The summed E-state index contributed by atoms with van der Waals surface area (Å²) in [7, 11) is 0. The minimum Gasteiger partial charge on any atom is -0.406 e. The highest BCUT2D eigenvalue weighted by atomic mass is 19.4. The van der Waals surface area contributed by atoms with Crippen LogP contribution in [0.5, 0.6) is 5.75 Å². The van der Waals surface area contributed by atoms with Crippen molar-refractivity contribution < 1.29 is 17.9 Å². The van der Waals surface area contributed by atoms with Crippen molar-refractivity contribution in [2.24, 2.45) is 0 Å². The second-order valence-electron chi connectivity index (χ2n) is 3.35. The Kier molecular flexibility index (Phi) is 2.42. The summed E-state index contributed by atoms with van der Waals surface area (Å²) in [5, 5.41) is 0. The first-order valence-corrected chi connectivity index (χ1v) is 4.60. The number of allylic oxidation sites excluding steroid dienone is 1. The Morgan fingerprint density at radius 1 is 1.20 bits per heavy atom. The lowest BCUT2D eigenvalue weighted by atomic mass is 9.97. The molecule has 0 N–H and O–H groups in total. The fraction of sp³-hybridized carbons (Fsp3) is 0.273. The first-order valence-electron chi connectivity index (χ1n) is 4.60. The summed E-state index contributed by atoms with van der Waals surface area (Å²) in [6, 6.07) is 4.43. The van der Waals surface area contributed by atoms with E-state index in [4.69, 9.17) is 0 Å². The van der Waals surface area contributed by atoms with E-state index in [2.05, 4.69) is 4.74 Å². The van der Waals surface area contributed by atoms with Gasteiger partial charge in [-0.1, -0.05) is 18.2 Å². The zero-order valence-electron chi connectivity index (χ0n) is 7.84. The molecule has 0 spiro atoms. The molecule has 1 aliphatic rings. The molecule has 0 atom stereocenters. The van der Waals surface area contributed by atoms with Gasteiger partial charge in [-0.05, 0) is 36.1 Å². The van der Waals surface area contributed by atoms with Crippen molar-refractivity contribution in [2.75, 3.05) is 0 Å². The van der Waals surface area contributed by atoms with Crippen LogP contribution in [0, 0.1) is 0 Å². The number of alkyl halides is 3. The number of hydrogen-bond acceptors (Lipinski definition) is 1. The van der Waals surface area contributed by atoms with Crippen molar-refractivity contribution in [3.05, 3.63) is 35.4 Å². The molecule has 1 aromatic carbocycles. The maximum atomic E-state index is 11.9. The molecule has 1 aromatic rings. The van der Waals surface area contributed by atoms with Crippen molar-refractivity contribution in [1.82, 2.24) is 0 Å². The van der Waals surface area contributed by atoms with E-state index in [1.165, 1.54) is 12.1 Å². The SMILES string of the molecule is FC(F)(F)Oc1ccc2c(c1)CCC=C2. The molecule has 1 aliphatic carbocycles. The molecule has 4 heteroatoms. The van der Waals surface area contributed by atoms with E-state index in [-0.39, 0.29) is 5.75 Å². The molecule has 0 saturated carbocycles. The van der Waals surface area contributed by atoms with Crippen LogP contribution in [-0.2, 0) is 6.42 Å². The van der Waals surface area contributed by atoms with E-state index in [0.29, 0.717) is 0 Å². The molecule has 0 radical (unpaired) electrons. The third-order valence-corrected chi connectivity index (χ3v) is 2.23. The quantitative estimate of drug-likeness (QED) is 0.694. The summed E-state index contributed by atoms with van der Waals surface area (Å²) >= 11 is 0. The van der Waals surface area contributed by atoms with Gasteiger partial charge in [-0.15, -0.1) is 13.2 Å². The predicted octanol–water partition coefficient (Wildman–Crippen LogP) is 3.54. The van der Waals surface area contributed by atoms with Gasteiger partial charge in [0.15, 0.2) is 0 Å². The van der Waals surface area contributed by atoms with Gasteiger partial charge >= 0.3 is 6.36 Å². The number of fused-ring (bicyclic) bond motifs is 1. The molecule has 1 nitrogen and oxygen atoms in total. The zero-order chi connectivity index (χ0) is 10.9. The van der Waals surface area contributed by atoms with E-state index >= 15 is 0 Å². The molecule has 2 rings (SSSR count). The Morgan fingerprint density at radius 3 is 2.73 bits per heavy atom. The lowest BCUT2D eigenvalue weighted by Crippen LogP contribution is -2.17. The summed E-state index contributed by atoms with van der Waals surface area (Å²) in [5.41, 5.74) is 1.87. The number of rotatable bonds is 1. The fourth-order valence-electron chi connectivity index (χ4n) is 1.61. The van der Waals surface area contributed by atoms with Gasteiger partial charge in [0, 0.05) is 0 Å². The first-order chi connectivity index (χ1) is 7.04. The van der Waals surface area contributed by atoms with Crippen LogP contribution < -0.4 is 4.74 Å². The normalized spacial score (nSPS) is 14.9. The number of benzene rings is 1. The monoisotopic (exact) mass is 214 g/mol. The molecule has 15 heavy (non-hydrogen) atoms. The van der Waals surface area contributed by atoms with Gasteiger partial charge in [0.1, 0.15) is 5.75 Å². The van der Waals surface area contributed by atoms with Gasteiger partial charge in [-0.25, -0.2) is 0 Å². The Hall–Kier alpha value is -1.45. The molecule has 80 valence electrons. The van der Waals surface area contributed by atoms with E-state index in [1.807, 2.05) is 12.2 Å². The Morgan fingerprint density at radius 2 is 2.00 bits per heavy atom. The highest BCUT2D eigenvalue weighted by molar-refractivity contribution is 5.57. The van der Waals surface area contributed by atoms with Crippen LogP contribution >= 0.6 is 0 Å². The highest BCUT2D eigenvalue weighted by Gasteiger charge is 2.31. The van der Waals surface area contributed by atoms with E-state index in [9.17, 15) is 13.2 Å². The maximum Gasteiger partial charge on any atom is 0.573 e. The Balaban J connectivity index is 2.25. The van der Waals surface area contributed by atoms with E-state index < -0.39 is 6.36 Å². The molecule has 0 amide bonds. The maximum absolute atomic E-state index is 11.9. The van der Waals surface area contributed by atoms with Gasteiger partial charge in [0.25, 0.3) is 0 Å². The molecule has 0 bridgehead atoms. The summed E-state index contributed by atoms with van der Waals surface area (Å²) in [4.78, 5) is 0. The van der Waals surface area contributed by atoms with Gasteiger partial charge in [-0.3, -0.25) is 0 Å². The standard InChI is InChI=1S/C11H9F3O/c12-11(13,14)15-10-6-5-8-3-1-2-4-9(8)7-10/h1,3,5-7H,2,4H2. The second-order valence-corrected chi connectivity index (χ2v) is 3.35. The molecule has 0 saturated heterocycles. The number of ether oxygens (including phenoxy) is 1. The third kappa shape index (κ3) is 2.52. The lowest BCUT2D eigenvalue weighted by molar-refractivity contribution is -0.274. The fourth-order valence-corrected chi connectivity index (χ4v) is 1.61. The molecule has 0 aromatic heterocycles. The first kappa shape index (κ1) is 10.1. The van der Waals surface area contributed by atoms with Crippen molar-refractivity contribution >= 4 is 6.08 Å². The van der Waals surface area contributed by atoms with Crippen LogP contribution in [-0.4, -0.2) is 6.36 Å². The van der Waals surface area contributed by atoms with Crippen LogP contribution in [0.1, 0.15) is 17.5 Å². The average molecular weight is 214 g/mol.